The first-order valence-corrected chi connectivity index (χ1v) is 17.5. The van der Waals surface area contributed by atoms with Crippen molar-refractivity contribution < 1.29 is 28.6 Å². The number of aromatic nitrogens is 2. The van der Waals surface area contributed by atoms with Crippen molar-refractivity contribution in [3.8, 4) is 11.3 Å². The molecule has 1 aromatic carbocycles. The highest BCUT2D eigenvalue weighted by Gasteiger charge is 2.26. The van der Waals surface area contributed by atoms with E-state index >= 15 is 0 Å². The van der Waals surface area contributed by atoms with Crippen LogP contribution in [-0.2, 0) is 25.7 Å². The maximum Gasteiger partial charge on any atom is 0.411 e. The molecule has 3 N–H and O–H groups in total. The van der Waals surface area contributed by atoms with Crippen LogP contribution in [-0.4, -0.2) is 55.0 Å². The largest absolute Gasteiger partial charge is 0.453 e. The number of carbonyl (C=O) groups excluding carboxylic acids is 3. The summed E-state index contributed by atoms with van der Waals surface area (Å²) in [6.45, 7) is 14.9. The van der Waals surface area contributed by atoms with Crippen LogP contribution in [0.25, 0.3) is 11.3 Å². The lowest BCUT2D eigenvalue weighted by molar-refractivity contribution is -0.118. The van der Waals surface area contributed by atoms with Gasteiger partial charge in [-0.2, -0.15) is 0 Å². The second-order valence-corrected chi connectivity index (χ2v) is 17.9. The van der Waals surface area contributed by atoms with Crippen LogP contribution in [0.3, 0.4) is 0 Å². The van der Waals surface area contributed by atoms with Crippen LogP contribution >= 0.6 is 0 Å². The minimum absolute atomic E-state index is 0.232. The van der Waals surface area contributed by atoms with Crippen LogP contribution in [0, 0.1) is 5.92 Å². The third-order valence-corrected chi connectivity index (χ3v) is 7.94. The first-order valence-electron chi connectivity index (χ1n) is 13.8. The summed E-state index contributed by atoms with van der Waals surface area (Å²) in [7, 11) is -0.0125. The van der Waals surface area contributed by atoms with E-state index in [9.17, 15) is 14.4 Å². The number of nitrogens with zero attached hydrogens (tertiary/aromatic N) is 2. The average Bonchev–Trinajstić information content (AvgIpc) is 3.27. The molecule has 0 unspecified atom stereocenters. The average molecular weight is 586 g/mol. The number of hydrogen-bond donors (Lipinski definition) is 3. The van der Waals surface area contributed by atoms with Crippen molar-refractivity contribution in [2.45, 2.75) is 78.2 Å². The van der Waals surface area contributed by atoms with E-state index in [1.165, 1.54) is 7.11 Å². The third kappa shape index (κ3) is 9.75. The van der Waals surface area contributed by atoms with Gasteiger partial charge < -0.3 is 29.4 Å². The number of rotatable bonds is 7. The summed E-state index contributed by atoms with van der Waals surface area (Å²) in [4.78, 5) is 42.6. The summed E-state index contributed by atoms with van der Waals surface area (Å²) in [5.41, 5.74) is 1.46. The lowest BCUT2D eigenvalue weighted by atomic mass is 10.1. The van der Waals surface area contributed by atoms with Crippen LogP contribution in [0.1, 0.15) is 46.0 Å². The Labute approximate surface area is 243 Å². The predicted molar refractivity (Wildman–Crippen MR) is 161 cm³/mol. The zero-order chi connectivity index (χ0) is 30.4. The molecule has 12 heteroatoms. The number of alkyl carbamates (subject to hydrolysis) is 1. The fraction of sp³-hybridized carbons (Fsp3) is 0.517. The number of hydrogen-bond acceptors (Lipinski definition) is 7. The van der Waals surface area contributed by atoms with Gasteiger partial charge in [0.15, 0.2) is 0 Å². The summed E-state index contributed by atoms with van der Waals surface area (Å²) in [5.74, 6) is -0.105. The van der Waals surface area contributed by atoms with Gasteiger partial charge in [-0.3, -0.25) is 10.1 Å². The highest BCUT2D eigenvalue weighted by molar-refractivity contribution is 6.76. The smallest absolute Gasteiger partial charge is 0.411 e. The Hall–Kier alpha value is -3.64. The van der Waals surface area contributed by atoms with Gasteiger partial charge in [-0.15, -0.1) is 0 Å². The van der Waals surface area contributed by atoms with Crippen LogP contribution in [0.2, 0.25) is 25.7 Å². The lowest BCUT2D eigenvalue weighted by Gasteiger charge is -2.24. The topological polar surface area (TPSA) is 133 Å². The number of benzene rings is 1. The minimum Gasteiger partial charge on any atom is -0.453 e. The summed E-state index contributed by atoms with van der Waals surface area (Å²) in [5, 5.41) is 8.56. The SMILES string of the molecule is COC(=O)Nc1ccc2c(c1)NC(=O)[C@H](C)/C=C\C[C@H](NC(=O)OC(C)(C)C)c1nc-2cn1COCC[Si](C)(C)C. The van der Waals surface area contributed by atoms with Crippen molar-refractivity contribution >= 4 is 37.5 Å². The molecule has 0 spiro atoms. The Bertz CT molecular complexity index is 1280. The van der Waals surface area contributed by atoms with E-state index in [0.29, 0.717) is 41.5 Å². The van der Waals surface area contributed by atoms with E-state index < -0.39 is 37.8 Å². The number of carbonyl (C=O) groups is 3. The summed E-state index contributed by atoms with van der Waals surface area (Å²) in [6.07, 6.45) is 4.68. The normalized spacial score (nSPS) is 18.2. The number of methoxy groups -OCH3 is 1. The molecular weight excluding hydrogens is 542 g/mol. The van der Waals surface area contributed by atoms with Gasteiger partial charge >= 0.3 is 12.2 Å². The third-order valence-electron chi connectivity index (χ3n) is 6.23. The number of nitrogens with one attached hydrogen (secondary N) is 3. The van der Waals surface area contributed by atoms with E-state index in [1.54, 1.807) is 52.0 Å². The van der Waals surface area contributed by atoms with Crippen molar-refractivity contribution in [1.29, 1.82) is 0 Å². The molecule has 0 saturated carbocycles. The van der Waals surface area contributed by atoms with Gasteiger partial charge in [0.1, 0.15) is 18.2 Å². The van der Waals surface area contributed by atoms with Crippen molar-refractivity contribution in [3.63, 3.8) is 0 Å². The van der Waals surface area contributed by atoms with Gasteiger partial charge in [-0.1, -0.05) is 38.7 Å². The van der Waals surface area contributed by atoms with Crippen LogP contribution in [0.4, 0.5) is 21.0 Å². The molecule has 3 amide bonds. The molecule has 224 valence electrons. The molecule has 1 aliphatic rings. The molecule has 0 saturated heterocycles. The number of imidazole rings is 1. The highest BCUT2D eigenvalue weighted by atomic mass is 28.3. The van der Waals surface area contributed by atoms with E-state index in [0.717, 1.165) is 6.04 Å². The van der Waals surface area contributed by atoms with Crippen LogP contribution in [0.5, 0.6) is 0 Å². The Balaban J connectivity index is 2.08. The van der Waals surface area contributed by atoms with E-state index in [-0.39, 0.29) is 12.6 Å². The Morgan fingerprint density at radius 3 is 2.59 bits per heavy atom. The van der Waals surface area contributed by atoms with Gasteiger partial charge in [0.2, 0.25) is 5.91 Å². The second kappa shape index (κ2) is 13.3. The standard InChI is InChI=1S/C29H43N5O6Si/c1-19-10-9-11-22(33-28(37)40-29(2,3)4)25-31-24(17-34(25)18-39-14-15-41(6,7)8)21-13-12-20(30-27(36)38-5)16-23(21)32-26(19)35/h9-10,12-13,16-17,19,22H,11,14-15,18H2,1-8H3,(H,30,36)(H,32,35)(H,33,37)/b10-9-/t19-,22+/m1/s1. The molecule has 41 heavy (non-hydrogen) atoms. The maximum atomic E-state index is 13.1. The molecule has 1 aromatic heterocycles. The van der Waals surface area contributed by atoms with E-state index in [2.05, 4.69) is 35.6 Å². The van der Waals surface area contributed by atoms with Gasteiger partial charge in [0.25, 0.3) is 0 Å². The molecular formula is C29H43N5O6Si. The Morgan fingerprint density at radius 2 is 1.93 bits per heavy atom. The van der Waals surface area contributed by atoms with Crippen LogP contribution < -0.4 is 16.0 Å². The van der Waals surface area contributed by atoms with Crippen LogP contribution in [0.15, 0.2) is 36.5 Å². The molecule has 2 aromatic rings. The van der Waals surface area contributed by atoms with E-state index in [1.807, 2.05) is 16.8 Å². The zero-order valence-corrected chi connectivity index (χ0v) is 26.3. The minimum atomic E-state index is -1.29. The molecule has 2 heterocycles. The van der Waals surface area contributed by atoms with E-state index in [4.69, 9.17) is 19.2 Å². The van der Waals surface area contributed by atoms with Gasteiger partial charge in [-0.05, 0) is 51.4 Å². The highest BCUT2D eigenvalue weighted by Crippen LogP contribution is 2.33. The maximum absolute atomic E-state index is 13.1. The summed E-state index contributed by atoms with van der Waals surface area (Å²) >= 11 is 0. The molecule has 2 bridgehead atoms. The molecule has 3 rings (SSSR count). The monoisotopic (exact) mass is 585 g/mol. The number of fused-ring (bicyclic) bond motifs is 4. The fourth-order valence-electron chi connectivity index (χ4n) is 4.03. The van der Waals surface area contributed by atoms with Gasteiger partial charge in [0, 0.05) is 32.1 Å². The van der Waals surface area contributed by atoms with Crippen molar-refractivity contribution in [2.24, 2.45) is 5.92 Å². The zero-order valence-electron chi connectivity index (χ0n) is 25.3. The fourth-order valence-corrected chi connectivity index (χ4v) is 4.79. The summed E-state index contributed by atoms with van der Waals surface area (Å²) in [6, 6.07) is 5.60. The molecule has 11 nitrogen and oxygen atoms in total. The van der Waals surface area contributed by atoms with Crippen molar-refractivity contribution in [1.82, 2.24) is 14.9 Å². The predicted octanol–water partition coefficient (Wildman–Crippen LogP) is 6.14. The Kier molecular flexibility index (Phi) is 10.4. The van der Waals surface area contributed by atoms with Gasteiger partial charge in [0.05, 0.1) is 30.5 Å². The van der Waals surface area contributed by atoms with Gasteiger partial charge in [-0.25, -0.2) is 14.6 Å². The number of amides is 3. The lowest BCUT2D eigenvalue weighted by Crippen LogP contribution is -2.36. The summed E-state index contributed by atoms with van der Waals surface area (Å²) < 4.78 is 18.2. The molecule has 0 fully saturated rings. The van der Waals surface area contributed by atoms with Crippen molar-refractivity contribution in [2.75, 3.05) is 24.4 Å². The first kappa shape index (κ1) is 31.9. The quantitative estimate of drug-likeness (QED) is 0.202. The number of anilines is 2. The molecule has 2 atom stereocenters. The first-order chi connectivity index (χ1) is 19.1. The molecule has 1 aliphatic heterocycles. The number of ether oxygens (including phenoxy) is 3. The molecule has 0 radical (unpaired) electrons. The second-order valence-electron chi connectivity index (χ2n) is 12.3. The molecule has 0 aliphatic carbocycles. The Morgan fingerprint density at radius 1 is 1.20 bits per heavy atom. The van der Waals surface area contributed by atoms with Crippen molar-refractivity contribution in [3.05, 3.63) is 42.4 Å².